The zero-order valence-electron chi connectivity index (χ0n) is 11.1. The van der Waals surface area contributed by atoms with Gasteiger partial charge < -0.3 is 0 Å². The van der Waals surface area contributed by atoms with Crippen molar-refractivity contribution in [3.63, 3.8) is 0 Å². The molecule has 0 aliphatic heterocycles. The van der Waals surface area contributed by atoms with Gasteiger partial charge in [0.2, 0.25) is 0 Å². The minimum atomic E-state index is 0.936. The third-order valence-corrected chi connectivity index (χ3v) is 3.97. The number of fused-ring (bicyclic) bond motifs is 8. The van der Waals surface area contributed by atoms with Crippen molar-refractivity contribution >= 4 is 38.2 Å². The van der Waals surface area contributed by atoms with Gasteiger partial charge in [0.25, 0.3) is 0 Å². The molecule has 4 heteroatoms. The zero-order chi connectivity index (χ0) is 13.8. The van der Waals surface area contributed by atoms with E-state index in [-0.39, 0.29) is 0 Å². The number of aromatic nitrogens is 4. The fourth-order valence-electron chi connectivity index (χ4n) is 3.08. The first-order valence-corrected chi connectivity index (χ1v) is 6.80. The summed E-state index contributed by atoms with van der Waals surface area (Å²) in [7, 11) is 0. The van der Waals surface area contributed by atoms with Crippen LogP contribution in [0.4, 0.5) is 0 Å². The third-order valence-electron chi connectivity index (χ3n) is 3.97. The van der Waals surface area contributed by atoms with E-state index in [2.05, 4.69) is 55.9 Å². The van der Waals surface area contributed by atoms with Crippen molar-refractivity contribution in [2.45, 2.75) is 0 Å². The molecule has 4 heterocycles. The number of nitrogens with zero attached hydrogens (tertiary/aromatic N) is 4. The normalized spacial score (nSPS) is 11.8. The van der Waals surface area contributed by atoms with E-state index >= 15 is 0 Å². The van der Waals surface area contributed by atoms with Gasteiger partial charge in [0, 0.05) is 40.1 Å². The maximum absolute atomic E-state index is 4.56. The molecule has 1 aromatic carbocycles. The number of rotatable bonds is 0. The highest BCUT2D eigenvalue weighted by molar-refractivity contribution is 6.17. The van der Waals surface area contributed by atoms with E-state index in [1.165, 1.54) is 10.8 Å². The lowest BCUT2D eigenvalue weighted by Gasteiger charge is -2.06. The van der Waals surface area contributed by atoms with Gasteiger partial charge in [-0.1, -0.05) is 24.3 Å². The van der Waals surface area contributed by atoms with Gasteiger partial charge >= 0.3 is 0 Å². The van der Waals surface area contributed by atoms with Crippen molar-refractivity contribution in [3.05, 3.63) is 61.3 Å². The fraction of sp³-hybridized carbons (Fsp3) is 0. The molecule has 0 aliphatic rings. The highest BCUT2D eigenvalue weighted by Crippen LogP contribution is 2.32. The van der Waals surface area contributed by atoms with E-state index in [4.69, 9.17) is 0 Å². The number of hydrogen-bond donors (Lipinski definition) is 0. The molecule has 98 valence electrons. The van der Waals surface area contributed by atoms with Crippen LogP contribution in [0.1, 0.15) is 0 Å². The van der Waals surface area contributed by atoms with Crippen molar-refractivity contribution in [2.24, 2.45) is 0 Å². The Hall–Kier alpha value is -3.01. The Morgan fingerprint density at radius 2 is 1.76 bits per heavy atom. The molecule has 0 radical (unpaired) electrons. The summed E-state index contributed by atoms with van der Waals surface area (Å²) in [6, 6.07) is 12.4. The Morgan fingerprint density at radius 1 is 0.857 bits per heavy atom. The number of hydrogen-bond acceptors (Lipinski definition) is 3. The monoisotopic (exact) mass is 270 g/mol. The highest BCUT2D eigenvalue weighted by Gasteiger charge is 2.13. The van der Waals surface area contributed by atoms with Gasteiger partial charge in [0.15, 0.2) is 0 Å². The van der Waals surface area contributed by atoms with Crippen molar-refractivity contribution < 1.29 is 0 Å². The molecule has 0 unspecified atom stereocenters. The summed E-state index contributed by atoms with van der Waals surface area (Å²) in [5.41, 5.74) is 2.99. The van der Waals surface area contributed by atoms with Gasteiger partial charge in [0.05, 0.1) is 11.0 Å². The van der Waals surface area contributed by atoms with Crippen molar-refractivity contribution in [1.29, 1.82) is 0 Å². The quantitative estimate of drug-likeness (QED) is 0.404. The summed E-state index contributed by atoms with van der Waals surface area (Å²) < 4.78 is 2.13. The van der Waals surface area contributed by atoms with Gasteiger partial charge in [-0.15, -0.1) is 0 Å². The summed E-state index contributed by atoms with van der Waals surface area (Å²) in [5, 5.41) is 4.49. The lowest BCUT2D eigenvalue weighted by atomic mass is 10.1. The lowest BCUT2D eigenvalue weighted by molar-refractivity contribution is 1.18. The zero-order valence-corrected chi connectivity index (χ0v) is 11.1. The molecule has 0 N–H and O–H groups in total. The second kappa shape index (κ2) is 3.76. The Bertz CT molecular complexity index is 1140. The summed E-state index contributed by atoms with van der Waals surface area (Å²) in [4.78, 5) is 13.3. The molecule has 0 saturated heterocycles. The van der Waals surface area contributed by atoms with Gasteiger partial charge in [0.1, 0.15) is 12.0 Å². The molecule has 5 rings (SSSR count). The van der Waals surface area contributed by atoms with Crippen LogP contribution in [-0.4, -0.2) is 19.4 Å². The van der Waals surface area contributed by atoms with Crippen LogP contribution in [0.25, 0.3) is 38.2 Å². The molecular formula is C17H10N4. The number of pyridine rings is 2. The summed E-state index contributed by atoms with van der Waals surface area (Å²) in [6.07, 6.45) is 7.42. The standard InChI is InChI=1S/C17H10N4/c1-2-5-12-11(4-1)9-21-16(12)15-14(8-18-10-20-15)13-6-3-7-19-17(13)21/h1-10H. The molecule has 0 aliphatic carbocycles. The Balaban J connectivity index is 2.25. The molecule has 0 saturated carbocycles. The number of benzene rings is 1. The fourth-order valence-corrected chi connectivity index (χ4v) is 3.08. The molecule has 5 aromatic rings. The third kappa shape index (κ3) is 1.31. The van der Waals surface area contributed by atoms with Crippen molar-refractivity contribution in [2.75, 3.05) is 0 Å². The van der Waals surface area contributed by atoms with Crippen LogP contribution >= 0.6 is 0 Å². The molecule has 0 spiro atoms. The average molecular weight is 270 g/mol. The van der Waals surface area contributed by atoms with Crippen LogP contribution < -0.4 is 0 Å². The predicted molar refractivity (Wildman–Crippen MR) is 83.3 cm³/mol. The van der Waals surface area contributed by atoms with Gasteiger partial charge in [-0.3, -0.25) is 4.40 Å². The Kier molecular flexibility index (Phi) is 1.92. The second-order valence-electron chi connectivity index (χ2n) is 5.09. The van der Waals surface area contributed by atoms with Crippen LogP contribution in [-0.2, 0) is 0 Å². The predicted octanol–water partition coefficient (Wildman–Crippen LogP) is 3.58. The average Bonchev–Trinajstić information content (AvgIpc) is 2.95. The van der Waals surface area contributed by atoms with E-state index in [1.807, 2.05) is 18.5 Å². The van der Waals surface area contributed by atoms with E-state index < -0.39 is 0 Å². The summed E-state index contributed by atoms with van der Waals surface area (Å²) in [5.74, 6) is 0. The molecular weight excluding hydrogens is 260 g/mol. The van der Waals surface area contributed by atoms with Gasteiger partial charge in [-0.25, -0.2) is 15.0 Å². The SMILES string of the molecule is c1ccc2c(c1)cn1c3ncccc3c3cncnc3c21. The Morgan fingerprint density at radius 3 is 2.76 bits per heavy atom. The largest absolute Gasteiger partial charge is 0.298 e. The van der Waals surface area contributed by atoms with Crippen molar-refractivity contribution in [3.8, 4) is 0 Å². The molecule has 4 nitrogen and oxygen atoms in total. The van der Waals surface area contributed by atoms with E-state index in [0.717, 1.165) is 27.5 Å². The summed E-state index contributed by atoms with van der Waals surface area (Å²) >= 11 is 0. The minimum Gasteiger partial charge on any atom is -0.298 e. The van der Waals surface area contributed by atoms with E-state index in [1.54, 1.807) is 6.33 Å². The first-order chi connectivity index (χ1) is 10.4. The maximum Gasteiger partial charge on any atom is 0.145 e. The molecule has 21 heavy (non-hydrogen) atoms. The topological polar surface area (TPSA) is 43.1 Å². The maximum atomic E-state index is 4.56. The van der Waals surface area contributed by atoms with Gasteiger partial charge in [-0.2, -0.15) is 0 Å². The van der Waals surface area contributed by atoms with Crippen LogP contribution in [0.5, 0.6) is 0 Å². The molecule has 0 bridgehead atoms. The van der Waals surface area contributed by atoms with E-state index in [9.17, 15) is 0 Å². The smallest absolute Gasteiger partial charge is 0.145 e. The minimum absolute atomic E-state index is 0.936. The molecule has 0 atom stereocenters. The van der Waals surface area contributed by atoms with Crippen LogP contribution in [0.2, 0.25) is 0 Å². The first-order valence-electron chi connectivity index (χ1n) is 6.80. The van der Waals surface area contributed by atoms with Crippen molar-refractivity contribution in [1.82, 2.24) is 19.4 Å². The molecule has 4 aromatic heterocycles. The second-order valence-corrected chi connectivity index (χ2v) is 5.09. The Labute approximate surface area is 119 Å². The van der Waals surface area contributed by atoms with Crippen LogP contribution in [0.15, 0.2) is 61.3 Å². The van der Waals surface area contributed by atoms with Crippen LogP contribution in [0.3, 0.4) is 0 Å². The van der Waals surface area contributed by atoms with Gasteiger partial charge in [-0.05, 0) is 12.1 Å². The first kappa shape index (κ1) is 10.7. The lowest BCUT2D eigenvalue weighted by Crippen LogP contribution is -1.94. The van der Waals surface area contributed by atoms with Crippen LogP contribution in [0, 0.1) is 0 Å². The van der Waals surface area contributed by atoms with E-state index in [0.29, 0.717) is 0 Å². The molecule has 0 amide bonds. The molecule has 0 fully saturated rings. The highest BCUT2D eigenvalue weighted by atomic mass is 15.0. The summed E-state index contributed by atoms with van der Waals surface area (Å²) in [6.45, 7) is 0.